The average molecular weight is 689 g/mol. The summed E-state index contributed by atoms with van der Waals surface area (Å²) in [7, 11) is 0. The van der Waals surface area contributed by atoms with Crippen molar-refractivity contribution in [3.05, 3.63) is 0 Å². The summed E-state index contributed by atoms with van der Waals surface area (Å²) in [6.45, 7) is 6.77. The molecule has 0 aromatic carbocycles. The fourth-order valence-electron chi connectivity index (χ4n) is 6.35. The zero-order chi connectivity index (χ0) is 30.6. The molecule has 0 radical (unpaired) electrons. The minimum atomic E-state index is 0. The Morgan fingerprint density at radius 3 is 0.674 bits per heavy atom. The summed E-state index contributed by atoms with van der Waals surface area (Å²) >= 11 is 10.8. The quantitative estimate of drug-likeness (QED) is 0.0279. The molecular weight excluding hydrogens is 610 g/mol. The van der Waals surface area contributed by atoms with E-state index in [0.29, 0.717) is 4.32 Å². The van der Waals surface area contributed by atoms with E-state index in [1.807, 2.05) is 0 Å². The number of thiocarbonyl (C=S) groups is 1. The van der Waals surface area contributed by atoms with E-state index in [0.717, 1.165) is 13.1 Å². The van der Waals surface area contributed by atoms with Gasteiger partial charge < -0.3 is 29.7 Å². The van der Waals surface area contributed by atoms with E-state index >= 15 is 0 Å². The van der Waals surface area contributed by atoms with Gasteiger partial charge in [-0.15, -0.1) is 0 Å². The van der Waals surface area contributed by atoms with E-state index < -0.39 is 0 Å². The van der Waals surface area contributed by atoms with Crippen molar-refractivity contribution in [3.63, 3.8) is 0 Å². The summed E-state index contributed by atoms with van der Waals surface area (Å²) in [5.41, 5.74) is 0. The van der Waals surface area contributed by atoms with Gasteiger partial charge in [0.1, 0.15) is 0 Å². The van der Waals surface area contributed by atoms with Crippen LogP contribution in [-0.2, 0) is 29.7 Å². The van der Waals surface area contributed by atoms with E-state index in [9.17, 15) is 0 Å². The van der Waals surface area contributed by atoms with Crippen LogP contribution in [0.4, 0.5) is 0 Å². The monoisotopic (exact) mass is 687 g/mol. The van der Waals surface area contributed by atoms with Gasteiger partial charge in [0.15, 0.2) is 0 Å². The number of hydrogen-bond acceptors (Lipinski definition) is 2. The van der Waals surface area contributed by atoms with Gasteiger partial charge in [-0.3, -0.25) is 0 Å². The molecule has 4 heteroatoms. The van der Waals surface area contributed by atoms with Crippen molar-refractivity contribution < 1.29 is 17.1 Å². The largest absolute Gasteiger partial charge is 1.00 e. The minimum absolute atomic E-state index is 0. The Balaban J connectivity index is 0. The molecule has 0 aromatic heterocycles. The first kappa shape index (κ1) is 45.8. The van der Waals surface area contributed by atoms with Crippen molar-refractivity contribution in [2.75, 3.05) is 13.1 Å². The summed E-state index contributed by atoms with van der Waals surface area (Å²) in [5, 5.41) is 0. The molecule has 0 aliphatic carbocycles. The maximum Gasteiger partial charge on any atom is 1.00 e. The Morgan fingerprint density at radius 1 is 0.349 bits per heavy atom. The van der Waals surface area contributed by atoms with Crippen molar-refractivity contribution in [2.24, 2.45) is 0 Å². The molecule has 0 aliphatic rings. The third-order valence-electron chi connectivity index (χ3n) is 9.32. The first-order valence-corrected chi connectivity index (χ1v) is 20.5. The maximum absolute atomic E-state index is 5.39. The van der Waals surface area contributed by atoms with Gasteiger partial charge in [0.2, 0.25) is 0 Å². The number of rotatable bonds is 36. The second-order valence-corrected chi connectivity index (χ2v) is 14.6. The molecule has 262 valence electrons. The second kappa shape index (κ2) is 40.7. The van der Waals surface area contributed by atoms with Gasteiger partial charge >= 0.3 is 17.1 Å². The molecule has 0 spiro atoms. The third-order valence-corrected chi connectivity index (χ3v) is 9.84. The van der Waals surface area contributed by atoms with E-state index in [-0.39, 0.29) is 17.1 Å². The minimum Gasteiger partial charge on any atom is -0.411 e. The Labute approximate surface area is 294 Å². The predicted octanol–water partition coefficient (Wildman–Crippen LogP) is 14.4. The Hall–Kier alpha value is 0.629. The normalized spacial score (nSPS) is 11.1. The van der Waals surface area contributed by atoms with Crippen molar-refractivity contribution in [2.45, 2.75) is 232 Å². The molecule has 0 aliphatic heterocycles. The summed E-state index contributed by atoms with van der Waals surface area (Å²) < 4.78 is 0.697. The summed E-state index contributed by atoms with van der Waals surface area (Å²) in [6.07, 6.45) is 48.5. The Kier molecular flexibility index (Phi) is 43.3. The molecule has 1 nitrogen and oxygen atoms in total. The molecule has 0 amide bonds. The number of hydrogen-bond donors (Lipinski definition) is 0. The van der Waals surface area contributed by atoms with Gasteiger partial charge in [-0.2, -0.15) is 0 Å². The molecule has 0 saturated carbocycles. The van der Waals surface area contributed by atoms with Gasteiger partial charge in [-0.25, -0.2) is 0 Å². The maximum atomic E-state index is 5.39. The van der Waals surface area contributed by atoms with Gasteiger partial charge in [-0.05, 0) is 12.8 Å². The van der Waals surface area contributed by atoms with Crippen LogP contribution >= 0.6 is 12.2 Å². The van der Waals surface area contributed by atoms with Gasteiger partial charge in [0.25, 0.3) is 0 Å². The fourth-order valence-corrected chi connectivity index (χ4v) is 6.71. The van der Waals surface area contributed by atoms with Crippen molar-refractivity contribution in [1.29, 1.82) is 0 Å². The van der Waals surface area contributed by atoms with Gasteiger partial charge in [-0.1, -0.05) is 224 Å². The van der Waals surface area contributed by atoms with Crippen molar-refractivity contribution in [1.82, 2.24) is 4.90 Å². The van der Waals surface area contributed by atoms with Crippen LogP contribution in [0.5, 0.6) is 0 Å². The van der Waals surface area contributed by atoms with Crippen LogP contribution in [0.2, 0.25) is 0 Å². The predicted molar refractivity (Wildman–Crippen MR) is 200 cm³/mol. The van der Waals surface area contributed by atoms with Crippen LogP contribution in [0.1, 0.15) is 232 Å². The van der Waals surface area contributed by atoms with E-state index in [1.54, 1.807) is 0 Å². The van der Waals surface area contributed by atoms with Crippen LogP contribution in [0.25, 0.3) is 0 Å². The molecule has 0 heterocycles. The van der Waals surface area contributed by atoms with Crippen molar-refractivity contribution in [3.8, 4) is 0 Å². The molecule has 0 N–H and O–H groups in total. The second-order valence-electron chi connectivity index (χ2n) is 13.6. The zero-order valence-corrected chi connectivity index (χ0v) is 32.1. The molecule has 0 bridgehead atoms. The smallest absolute Gasteiger partial charge is 0.411 e. The van der Waals surface area contributed by atoms with Gasteiger partial charge in [0, 0.05) is 13.1 Å². The molecule has 0 unspecified atom stereocenters. The standard InChI is InChI=1S/C39H79NS2.Cu/c1-3-5-7-9-11-13-15-17-19-21-23-25-27-29-31-33-35-37-40(39(41)42)38-36-34-32-30-28-26-24-22-20-18-16-14-12-10-8-6-4-2;/h3-38H2,1-2H3,(H,41,42);/q;+1/p-1. The number of nitrogens with zero attached hydrogens (tertiary/aromatic N) is 1. The first-order chi connectivity index (χ1) is 20.7. The Bertz CT molecular complexity index is 477. The van der Waals surface area contributed by atoms with Crippen LogP contribution in [0.15, 0.2) is 0 Å². The average Bonchev–Trinajstić information content (AvgIpc) is 2.99. The third kappa shape index (κ3) is 38.7. The summed E-state index contributed by atoms with van der Waals surface area (Å²) in [6, 6.07) is 0. The molecule has 0 saturated heterocycles. The SMILES string of the molecule is CCCCCCCCCCCCCCCCCCCN(CCCCCCCCCCCCCCCCCCC)C(=S)[S-].[Cu+]. The fraction of sp³-hybridized carbons (Fsp3) is 0.974. The van der Waals surface area contributed by atoms with Crippen LogP contribution in [0, 0.1) is 0 Å². The van der Waals surface area contributed by atoms with Crippen LogP contribution < -0.4 is 0 Å². The molecule has 43 heavy (non-hydrogen) atoms. The summed E-state index contributed by atoms with van der Waals surface area (Å²) in [4.78, 5) is 2.31. The summed E-state index contributed by atoms with van der Waals surface area (Å²) in [5.74, 6) is 0. The van der Waals surface area contributed by atoms with E-state index in [2.05, 4.69) is 18.7 Å². The zero-order valence-electron chi connectivity index (χ0n) is 29.5. The van der Waals surface area contributed by atoms with E-state index in [1.165, 1.54) is 218 Å². The van der Waals surface area contributed by atoms with Crippen LogP contribution in [-0.4, -0.2) is 22.3 Å². The molecular formula is C39H78CuNS2. The first-order valence-electron chi connectivity index (χ1n) is 19.7. The van der Waals surface area contributed by atoms with Crippen LogP contribution in [0.3, 0.4) is 0 Å². The van der Waals surface area contributed by atoms with E-state index in [4.69, 9.17) is 24.8 Å². The number of unbranched alkanes of at least 4 members (excludes halogenated alkanes) is 32. The Morgan fingerprint density at radius 2 is 0.512 bits per heavy atom. The molecule has 0 rings (SSSR count). The molecule has 0 aromatic rings. The van der Waals surface area contributed by atoms with Crippen molar-refractivity contribution >= 4 is 29.2 Å². The topological polar surface area (TPSA) is 3.24 Å². The van der Waals surface area contributed by atoms with Gasteiger partial charge in [0.05, 0.1) is 0 Å². The molecule has 0 fully saturated rings. The molecule has 0 atom stereocenters.